The third kappa shape index (κ3) is 5.76. The van der Waals surface area contributed by atoms with Crippen molar-refractivity contribution in [1.82, 2.24) is 9.55 Å². The van der Waals surface area contributed by atoms with Gasteiger partial charge in [-0.25, -0.2) is 4.98 Å². The first kappa shape index (κ1) is 29.3. The van der Waals surface area contributed by atoms with Gasteiger partial charge in [0.1, 0.15) is 25.0 Å². The highest BCUT2D eigenvalue weighted by Crippen LogP contribution is 2.40. The minimum atomic E-state index is -4.94. The van der Waals surface area contributed by atoms with E-state index in [2.05, 4.69) is 9.72 Å². The van der Waals surface area contributed by atoms with Gasteiger partial charge >= 0.3 is 12.5 Å². The van der Waals surface area contributed by atoms with Crippen LogP contribution in [0.5, 0.6) is 5.75 Å². The van der Waals surface area contributed by atoms with E-state index in [0.29, 0.717) is 12.3 Å². The molecule has 0 saturated heterocycles. The lowest BCUT2D eigenvalue weighted by Gasteiger charge is -2.38. The molecule has 1 aromatic carbocycles. The Morgan fingerprint density at radius 2 is 1.68 bits per heavy atom. The Labute approximate surface area is 224 Å². The molecule has 9 nitrogen and oxygen atoms in total. The van der Waals surface area contributed by atoms with E-state index in [1.54, 1.807) is 0 Å². The van der Waals surface area contributed by atoms with E-state index in [-0.39, 0.29) is 47.4 Å². The van der Waals surface area contributed by atoms with E-state index in [1.165, 1.54) is 37.8 Å². The van der Waals surface area contributed by atoms with Gasteiger partial charge < -0.3 is 19.1 Å². The average molecular weight is 590 g/mol. The standard InChI is InChI=1S/C24H21F6N4O5P/c1-12-6-16(39-24(28,29)30)4-5-18(12)32-10-33(19-7-13(2)21(35)34(14(19)3)11-38-40-37)22(36)17-8-15(23(25,26)27)9-31-20(17)32/h4-9,37,40H,10-11H2,1-3H3. The molecule has 1 aliphatic heterocycles. The maximum Gasteiger partial charge on any atom is 0.573 e. The van der Waals surface area contributed by atoms with Gasteiger partial charge in [-0.15, -0.1) is 13.2 Å². The van der Waals surface area contributed by atoms with E-state index >= 15 is 0 Å². The highest BCUT2D eigenvalue weighted by atomic mass is 31.1. The van der Waals surface area contributed by atoms with Gasteiger partial charge in [-0.2, -0.15) is 13.2 Å². The van der Waals surface area contributed by atoms with Gasteiger partial charge in [0.25, 0.3) is 11.5 Å². The minimum absolute atomic E-state index is 0.144. The molecule has 214 valence electrons. The summed E-state index contributed by atoms with van der Waals surface area (Å²) in [4.78, 5) is 41.8. The molecule has 1 atom stereocenters. The van der Waals surface area contributed by atoms with Gasteiger partial charge in [-0.05, 0) is 56.7 Å². The summed E-state index contributed by atoms with van der Waals surface area (Å²) < 4.78 is 88.9. The van der Waals surface area contributed by atoms with Crippen LogP contribution in [0.25, 0.3) is 0 Å². The van der Waals surface area contributed by atoms with Crippen LogP contribution in [0.1, 0.15) is 32.7 Å². The Kier molecular flexibility index (Phi) is 7.85. The number of alkyl halides is 6. The molecule has 1 N–H and O–H groups in total. The maximum absolute atomic E-state index is 13.6. The summed E-state index contributed by atoms with van der Waals surface area (Å²) in [5.41, 5.74) is -1.01. The summed E-state index contributed by atoms with van der Waals surface area (Å²) in [6.07, 6.45) is -9.19. The Bertz CT molecular complexity index is 1530. The fraction of sp³-hybridized carbons (Fsp3) is 0.292. The molecule has 1 aliphatic rings. The lowest BCUT2D eigenvalue weighted by Crippen LogP contribution is -2.46. The minimum Gasteiger partial charge on any atom is -0.406 e. The fourth-order valence-corrected chi connectivity index (χ4v) is 4.49. The van der Waals surface area contributed by atoms with Gasteiger partial charge in [-0.1, -0.05) is 0 Å². The molecule has 0 aliphatic carbocycles. The molecular weight excluding hydrogens is 569 g/mol. The van der Waals surface area contributed by atoms with E-state index < -0.39 is 49.9 Å². The monoisotopic (exact) mass is 590 g/mol. The number of carbonyl (C=O) groups excluding carboxylic acids is 1. The average Bonchev–Trinajstić information content (AvgIpc) is 2.85. The first-order chi connectivity index (χ1) is 18.6. The molecule has 0 saturated carbocycles. The lowest BCUT2D eigenvalue weighted by atomic mass is 10.1. The Morgan fingerprint density at radius 1 is 0.975 bits per heavy atom. The van der Waals surface area contributed by atoms with Crippen molar-refractivity contribution in [1.29, 1.82) is 0 Å². The Morgan fingerprint density at radius 3 is 2.27 bits per heavy atom. The molecule has 1 unspecified atom stereocenters. The van der Waals surface area contributed by atoms with Crippen molar-refractivity contribution in [2.24, 2.45) is 0 Å². The number of anilines is 3. The van der Waals surface area contributed by atoms with Gasteiger partial charge in [0.2, 0.25) is 0 Å². The van der Waals surface area contributed by atoms with Crippen molar-refractivity contribution in [2.75, 3.05) is 16.5 Å². The number of rotatable bonds is 6. The molecule has 0 bridgehead atoms. The number of nitrogens with zero attached hydrogens (tertiary/aromatic N) is 4. The largest absolute Gasteiger partial charge is 0.573 e. The molecule has 0 spiro atoms. The Hall–Kier alpha value is -3.68. The molecule has 3 aromatic rings. The van der Waals surface area contributed by atoms with Crippen LogP contribution in [-0.2, 0) is 17.4 Å². The maximum atomic E-state index is 13.6. The van der Waals surface area contributed by atoms with Crippen LogP contribution < -0.4 is 20.1 Å². The van der Waals surface area contributed by atoms with Crippen molar-refractivity contribution in [3.63, 3.8) is 0 Å². The number of carbonyl (C=O) groups is 1. The zero-order chi connectivity index (χ0) is 29.6. The number of amides is 1. The summed E-state index contributed by atoms with van der Waals surface area (Å²) in [5.74, 6) is -1.51. The molecule has 3 heterocycles. The van der Waals surface area contributed by atoms with Gasteiger partial charge in [0.05, 0.1) is 16.8 Å². The highest BCUT2D eigenvalue weighted by Gasteiger charge is 2.39. The third-order valence-corrected chi connectivity index (χ3v) is 6.42. The Balaban J connectivity index is 1.90. The predicted molar refractivity (Wildman–Crippen MR) is 133 cm³/mol. The lowest BCUT2D eigenvalue weighted by molar-refractivity contribution is -0.274. The van der Waals surface area contributed by atoms with Crippen molar-refractivity contribution >= 4 is 32.1 Å². The van der Waals surface area contributed by atoms with E-state index in [4.69, 9.17) is 9.42 Å². The first-order valence-electron chi connectivity index (χ1n) is 11.4. The number of ether oxygens (including phenoxy) is 1. The van der Waals surface area contributed by atoms with Crippen LogP contribution >= 0.6 is 9.03 Å². The van der Waals surface area contributed by atoms with Crippen LogP contribution in [0.4, 0.5) is 43.5 Å². The molecule has 0 fully saturated rings. The van der Waals surface area contributed by atoms with Gasteiger partial charge in [0.15, 0.2) is 9.03 Å². The van der Waals surface area contributed by atoms with Crippen LogP contribution in [-0.4, -0.2) is 33.4 Å². The number of hydrogen-bond donors (Lipinski definition) is 1. The summed E-state index contributed by atoms with van der Waals surface area (Å²) in [7, 11) is -0.934. The number of hydrogen-bond acceptors (Lipinski definition) is 7. The summed E-state index contributed by atoms with van der Waals surface area (Å²) in [6.45, 7) is 3.76. The zero-order valence-electron chi connectivity index (χ0n) is 21.0. The van der Waals surface area contributed by atoms with Crippen molar-refractivity contribution < 1.29 is 45.3 Å². The SMILES string of the molecule is Cc1cc(OC(F)(F)F)ccc1N1CN(c2cc(C)c(=O)n(COPO)c2C)C(=O)c2cc(C(F)(F)F)cnc21. The first-order valence-corrected chi connectivity index (χ1v) is 12.2. The quantitative estimate of drug-likeness (QED) is 0.307. The highest BCUT2D eigenvalue weighted by molar-refractivity contribution is 7.24. The molecule has 0 radical (unpaired) electrons. The number of aryl methyl sites for hydroxylation is 2. The molecule has 40 heavy (non-hydrogen) atoms. The number of fused-ring (bicyclic) bond motifs is 1. The number of benzene rings is 1. The van der Waals surface area contributed by atoms with Crippen LogP contribution in [0.2, 0.25) is 0 Å². The molecule has 16 heteroatoms. The number of aromatic nitrogens is 2. The number of pyridine rings is 2. The molecular formula is C24H21F6N4O5P. The predicted octanol–water partition coefficient (Wildman–Crippen LogP) is 5.32. The normalized spacial score (nSPS) is 14.3. The summed E-state index contributed by atoms with van der Waals surface area (Å²) in [5, 5.41) is 0. The molecule has 1 amide bonds. The molecule has 4 rings (SSSR count). The van der Waals surface area contributed by atoms with Crippen molar-refractivity contribution in [3.05, 3.63) is 74.8 Å². The summed E-state index contributed by atoms with van der Waals surface area (Å²) >= 11 is 0. The number of halogens is 6. The second-order valence-corrected chi connectivity index (χ2v) is 9.26. The van der Waals surface area contributed by atoms with Gasteiger partial charge in [0, 0.05) is 23.1 Å². The topological polar surface area (TPSA) is 97.1 Å². The van der Waals surface area contributed by atoms with Crippen LogP contribution in [0, 0.1) is 20.8 Å². The third-order valence-electron chi connectivity index (χ3n) is 6.16. The van der Waals surface area contributed by atoms with E-state index in [9.17, 15) is 35.9 Å². The molecule has 2 aromatic heterocycles. The zero-order valence-corrected chi connectivity index (χ0v) is 22.0. The van der Waals surface area contributed by atoms with Crippen LogP contribution in [0.15, 0.2) is 41.3 Å². The van der Waals surface area contributed by atoms with Crippen LogP contribution in [0.3, 0.4) is 0 Å². The summed E-state index contributed by atoms with van der Waals surface area (Å²) in [6, 6.07) is 5.43. The smallest absolute Gasteiger partial charge is 0.406 e. The van der Waals surface area contributed by atoms with Gasteiger partial charge in [-0.3, -0.25) is 19.1 Å². The second-order valence-electron chi connectivity index (χ2n) is 8.79. The fourth-order valence-electron chi connectivity index (χ4n) is 4.30. The van der Waals surface area contributed by atoms with E-state index in [0.717, 1.165) is 21.6 Å². The second kappa shape index (κ2) is 10.7. The van der Waals surface area contributed by atoms with Crippen molar-refractivity contribution in [2.45, 2.75) is 40.0 Å². The van der Waals surface area contributed by atoms with E-state index in [1.807, 2.05) is 0 Å². The van der Waals surface area contributed by atoms with Crippen molar-refractivity contribution in [3.8, 4) is 5.75 Å².